The lowest BCUT2D eigenvalue weighted by Crippen LogP contribution is -2.06. The summed E-state index contributed by atoms with van der Waals surface area (Å²) in [6.07, 6.45) is 3.45. The van der Waals surface area contributed by atoms with E-state index < -0.39 is 15.1 Å². The SMILES string of the molecule is C=C/C=C\C=C(/C=C)S(F)(F)(F)(F)F. The summed E-state index contributed by atoms with van der Waals surface area (Å²) >= 11 is 0. The monoisotopic (exact) mass is 232 g/mol. The predicted octanol–water partition coefficient (Wildman–Crippen LogP) is 5.10. The minimum atomic E-state index is -9.58. The Morgan fingerprint density at radius 3 is 1.71 bits per heavy atom. The van der Waals surface area contributed by atoms with Crippen LogP contribution in [0.5, 0.6) is 0 Å². The van der Waals surface area contributed by atoms with Gasteiger partial charge in [0, 0.05) is 0 Å². The Morgan fingerprint density at radius 2 is 1.43 bits per heavy atom. The number of halogens is 5. The third-order valence-electron chi connectivity index (χ3n) is 1.15. The summed E-state index contributed by atoms with van der Waals surface area (Å²) in [6.45, 7) is 5.88. The maximum absolute atomic E-state index is 12.1. The van der Waals surface area contributed by atoms with E-state index in [-0.39, 0.29) is 12.2 Å². The smallest absolute Gasteiger partial charge is 0.0991 e. The van der Waals surface area contributed by atoms with Gasteiger partial charge in [-0.2, -0.15) is 0 Å². The molecule has 0 saturated carbocycles. The van der Waals surface area contributed by atoms with Crippen LogP contribution in [0, 0.1) is 0 Å². The molecule has 0 spiro atoms. The Labute approximate surface area is 78.8 Å². The van der Waals surface area contributed by atoms with Crippen LogP contribution in [0.1, 0.15) is 0 Å². The van der Waals surface area contributed by atoms with E-state index in [0.717, 1.165) is 12.2 Å². The van der Waals surface area contributed by atoms with Crippen molar-refractivity contribution in [2.45, 2.75) is 0 Å². The first-order chi connectivity index (χ1) is 6.01. The van der Waals surface area contributed by atoms with E-state index in [0.29, 0.717) is 0 Å². The van der Waals surface area contributed by atoms with Crippen molar-refractivity contribution in [1.82, 2.24) is 0 Å². The molecule has 0 fully saturated rings. The van der Waals surface area contributed by atoms with Crippen LogP contribution in [0.3, 0.4) is 0 Å². The summed E-state index contributed by atoms with van der Waals surface area (Å²) < 4.78 is 60.5. The highest BCUT2D eigenvalue weighted by atomic mass is 32.5. The van der Waals surface area contributed by atoms with Crippen molar-refractivity contribution in [3.63, 3.8) is 0 Å². The van der Waals surface area contributed by atoms with Gasteiger partial charge in [-0.1, -0.05) is 50.8 Å². The minimum absolute atomic E-state index is 0.0922. The molecule has 0 aliphatic rings. The van der Waals surface area contributed by atoms with Crippen molar-refractivity contribution in [3.8, 4) is 0 Å². The Hall–Kier alpha value is -1.04. The molecule has 0 atom stereocenters. The molecular weight excluding hydrogens is 223 g/mol. The van der Waals surface area contributed by atoms with Gasteiger partial charge < -0.3 is 0 Å². The van der Waals surface area contributed by atoms with Crippen LogP contribution >= 0.6 is 10.2 Å². The van der Waals surface area contributed by atoms with Crippen LogP contribution in [0.4, 0.5) is 19.4 Å². The number of hydrogen-bond acceptors (Lipinski definition) is 0. The molecule has 0 aromatic heterocycles. The Morgan fingerprint density at radius 1 is 0.929 bits per heavy atom. The van der Waals surface area contributed by atoms with Crippen molar-refractivity contribution in [3.05, 3.63) is 48.4 Å². The minimum Gasteiger partial charge on any atom is -0.0991 e. The van der Waals surface area contributed by atoms with Crippen molar-refractivity contribution in [2.75, 3.05) is 0 Å². The average molecular weight is 232 g/mol. The molecule has 0 aliphatic carbocycles. The first-order valence-corrected chi connectivity index (χ1v) is 5.32. The van der Waals surface area contributed by atoms with Crippen molar-refractivity contribution < 1.29 is 19.4 Å². The fourth-order valence-electron chi connectivity index (χ4n) is 0.583. The molecule has 0 aromatic carbocycles. The highest BCUT2D eigenvalue weighted by Crippen LogP contribution is 3.02. The lowest BCUT2D eigenvalue weighted by molar-refractivity contribution is 0.380. The van der Waals surface area contributed by atoms with E-state index in [2.05, 4.69) is 13.2 Å². The van der Waals surface area contributed by atoms with Gasteiger partial charge in [0.1, 0.15) is 4.91 Å². The highest BCUT2D eigenvalue weighted by molar-refractivity contribution is 8.48. The third-order valence-corrected chi connectivity index (χ3v) is 2.35. The molecule has 14 heavy (non-hydrogen) atoms. The molecule has 0 N–H and O–H groups in total. The third kappa shape index (κ3) is 4.27. The molecule has 0 aromatic rings. The summed E-state index contributed by atoms with van der Waals surface area (Å²) in [5.74, 6) is 0. The summed E-state index contributed by atoms with van der Waals surface area (Å²) in [5, 5.41) is 0. The molecule has 0 saturated heterocycles. The fraction of sp³-hybridized carbons (Fsp3) is 0. The van der Waals surface area contributed by atoms with E-state index in [1.807, 2.05) is 0 Å². The van der Waals surface area contributed by atoms with E-state index in [1.165, 1.54) is 6.08 Å². The van der Waals surface area contributed by atoms with Crippen LogP contribution in [0.15, 0.2) is 48.4 Å². The highest BCUT2D eigenvalue weighted by Gasteiger charge is 2.65. The molecule has 0 amide bonds. The summed E-state index contributed by atoms with van der Waals surface area (Å²) in [7, 11) is -9.58. The Balaban J connectivity index is 5.34. The Kier molecular flexibility index (Phi) is 2.76. The van der Waals surface area contributed by atoms with Gasteiger partial charge in [0.25, 0.3) is 0 Å². The maximum Gasteiger partial charge on any atom is 0.310 e. The van der Waals surface area contributed by atoms with Gasteiger partial charge >= 0.3 is 10.2 Å². The normalized spacial score (nSPS) is 18.8. The van der Waals surface area contributed by atoms with Crippen LogP contribution in [0.2, 0.25) is 0 Å². The van der Waals surface area contributed by atoms with Crippen molar-refractivity contribution in [1.29, 1.82) is 0 Å². The molecule has 0 radical (unpaired) electrons. The molecule has 82 valence electrons. The summed E-state index contributed by atoms with van der Waals surface area (Å²) in [5.41, 5.74) is 0. The van der Waals surface area contributed by atoms with Gasteiger partial charge in [0.15, 0.2) is 0 Å². The van der Waals surface area contributed by atoms with E-state index in [1.54, 1.807) is 0 Å². The van der Waals surface area contributed by atoms with Crippen molar-refractivity contribution >= 4 is 10.2 Å². The topological polar surface area (TPSA) is 0 Å². The van der Waals surface area contributed by atoms with Gasteiger partial charge in [-0.05, 0) is 12.2 Å². The second-order valence-electron chi connectivity index (χ2n) is 2.36. The van der Waals surface area contributed by atoms with Gasteiger partial charge in [-0.3, -0.25) is 0 Å². The van der Waals surface area contributed by atoms with Gasteiger partial charge in [-0.25, -0.2) is 0 Å². The van der Waals surface area contributed by atoms with Crippen LogP contribution in [0.25, 0.3) is 0 Å². The number of allylic oxidation sites excluding steroid dienone is 5. The summed E-state index contributed by atoms with van der Waals surface area (Å²) in [4.78, 5) is -2.01. The quantitative estimate of drug-likeness (QED) is 0.467. The van der Waals surface area contributed by atoms with E-state index >= 15 is 0 Å². The van der Waals surface area contributed by atoms with E-state index in [4.69, 9.17) is 0 Å². The second kappa shape index (κ2) is 2.98. The molecular formula is C8H9F5S. The zero-order valence-electron chi connectivity index (χ0n) is 7.10. The van der Waals surface area contributed by atoms with Gasteiger partial charge in [-0.15, -0.1) is 0 Å². The van der Waals surface area contributed by atoms with Crippen molar-refractivity contribution in [2.24, 2.45) is 0 Å². The van der Waals surface area contributed by atoms with Crippen LogP contribution in [-0.2, 0) is 0 Å². The zero-order chi connectivity index (χ0) is 11.5. The lowest BCUT2D eigenvalue weighted by Gasteiger charge is -2.41. The Bertz CT molecular complexity index is 305. The molecule has 0 bridgehead atoms. The largest absolute Gasteiger partial charge is 0.310 e. The first-order valence-electron chi connectivity index (χ1n) is 3.37. The standard InChI is InChI=1S/C8H9F5S/c1-3-5-6-7-8(4-2)14(9,10,11,12)13/h3-7H,1-2H2/b6-5-,8-7+. The summed E-state index contributed by atoms with van der Waals surface area (Å²) in [6, 6.07) is 0. The molecule has 0 heterocycles. The first kappa shape index (κ1) is 13.0. The van der Waals surface area contributed by atoms with Crippen LogP contribution < -0.4 is 0 Å². The number of hydrogen-bond donors (Lipinski definition) is 0. The number of rotatable bonds is 4. The molecule has 0 nitrogen and oxygen atoms in total. The second-order valence-corrected chi connectivity index (χ2v) is 4.77. The van der Waals surface area contributed by atoms with Gasteiger partial charge in [0.05, 0.1) is 0 Å². The van der Waals surface area contributed by atoms with E-state index in [9.17, 15) is 19.4 Å². The molecule has 6 heteroatoms. The fourth-order valence-corrected chi connectivity index (χ4v) is 1.23. The van der Waals surface area contributed by atoms with Crippen LogP contribution in [-0.4, -0.2) is 0 Å². The lowest BCUT2D eigenvalue weighted by atomic mass is 10.4. The molecule has 0 aliphatic heterocycles. The predicted molar refractivity (Wildman–Crippen MR) is 50.7 cm³/mol. The molecule has 0 unspecified atom stereocenters. The maximum atomic E-state index is 12.1. The average Bonchev–Trinajstić information content (AvgIpc) is 1.92. The van der Waals surface area contributed by atoms with Gasteiger partial charge in [0.2, 0.25) is 0 Å². The zero-order valence-corrected chi connectivity index (χ0v) is 7.92. The molecule has 0 rings (SSSR count).